The third kappa shape index (κ3) is 5.54. The highest BCUT2D eigenvalue weighted by atomic mass is 35.5. The van der Waals surface area contributed by atoms with Crippen molar-refractivity contribution in [3.63, 3.8) is 0 Å². The molecule has 0 saturated heterocycles. The van der Waals surface area contributed by atoms with Gasteiger partial charge in [-0.25, -0.2) is 17.6 Å². The molecule has 0 aliphatic carbocycles. The molecule has 3 aromatic carbocycles. The van der Waals surface area contributed by atoms with Gasteiger partial charge in [0.05, 0.1) is 10.5 Å². The van der Waals surface area contributed by atoms with Crippen molar-refractivity contribution in [1.29, 1.82) is 0 Å². The fraction of sp³-hybridized carbons (Fsp3) is 0.0455. The first kappa shape index (κ1) is 22.4. The molecular weight excluding hydrogens is 473 g/mol. The molecule has 0 atom stereocenters. The van der Waals surface area contributed by atoms with Crippen molar-refractivity contribution in [1.82, 2.24) is 10.2 Å². The second-order valence-corrected chi connectivity index (χ2v) is 8.84. The van der Waals surface area contributed by atoms with Gasteiger partial charge in [-0.3, -0.25) is 4.72 Å². The third-order valence-corrected chi connectivity index (χ3v) is 6.03. The minimum absolute atomic E-state index is 0.0927. The number of nitrogens with one attached hydrogen (secondary N) is 1. The number of benzene rings is 3. The lowest BCUT2D eigenvalue weighted by Crippen LogP contribution is -2.13. The Hall–Kier alpha value is -3.76. The number of anilines is 1. The topological polar surface area (TPSA) is 111 Å². The van der Waals surface area contributed by atoms with E-state index in [2.05, 4.69) is 14.9 Å². The quantitative estimate of drug-likeness (QED) is 0.376. The van der Waals surface area contributed by atoms with Crippen LogP contribution in [0.5, 0.6) is 0 Å². The van der Waals surface area contributed by atoms with E-state index < -0.39 is 21.8 Å². The average Bonchev–Trinajstić information content (AvgIpc) is 3.27. The van der Waals surface area contributed by atoms with E-state index in [1.165, 1.54) is 24.3 Å². The van der Waals surface area contributed by atoms with Crippen LogP contribution < -0.4 is 4.72 Å². The zero-order valence-corrected chi connectivity index (χ0v) is 18.3. The highest BCUT2D eigenvalue weighted by molar-refractivity contribution is 7.92. The number of hydrogen-bond acceptors (Lipinski definition) is 7. The van der Waals surface area contributed by atoms with Gasteiger partial charge in [-0.2, -0.15) is 0 Å². The molecule has 0 amide bonds. The number of hydrogen-bond donors (Lipinski definition) is 1. The van der Waals surface area contributed by atoms with Crippen LogP contribution in [0.1, 0.15) is 16.2 Å². The fourth-order valence-corrected chi connectivity index (χ4v) is 3.92. The summed E-state index contributed by atoms with van der Waals surface area (Å²) in [5.41, 5.74) is 1.08. The molecule has 4 aromatic rings. The van der Waals surface area contributed by atoms with E-state index in [4.69, 9.17) is 20.8 Å². The predicted octanol–water partition coefficient (Wildman–Crippen LogP) is 4.69. The van der Waals surface area contributed by atoms with Crippen molar-refractivity contribution in [2.75, 3.05) is 4.72 Å². The summed E-state index contributed by atoms with van der Waals surface area (Å²) in [4.78, 5) is 12.2. The van der Waals surface area contributed by atoms with Gasteiger partial charge in [-0.05, 0) is 72.8 Å². The summed E-state index contributed by atoms with van der Waals surface area (Å²) < 4.78 is 50.7. The number of esters is 1. The first-order chi connectivity index (χ1) is 15.8. The van der Waals surface area contributed by atoms with Crippen LogP contribution in [0.3, 0.4) is 0 Å². The van der Waals surface area contributed by atoms with Crippen LogP contribution in [0.25, 0.3) is 11.5 Å². The summed E-state index contributed by atoms with van der Waals surface area (Å²) in [6, 6.07) is 16.8. The standard InChI is InChI=1S/C22H15ClFN3O5S/c23-16-5-1-14(2-6-16)21-26-25-20(32-21)13-31-22(28)15-3-9-18(10-4-15)27-33(29,30)19-11-7-17(24)8-12-19/h1-12,27H,13H2. The number of aromatic nitrogens is 2. The molecule has 0 aliphatic rings. The van der Waals surface area contributed by atoms with Gasteiger partial charge in [0, 0.05) is 16.3 Å². The van der Waals surface area contributed by atoms with Crippen molar-refractivity contribution in [2.24, 2.45) is 0 Å². The summed E-state index contributed by atoms with van der Waals surface area (Å²) in [5.74, 6) is -0.833. The maximum absolute atomic E-state index is 13.0. The molecule has 11 heteroatoms. The lowest BCUT2D eigenvalue weighted by atomic mass is 10.2. The maximum Gasteiger partial charge on any atom is 0.338 e. The molecule has 4 rings (SSSR count). The van der Waals surface area contributed by atoms with Crippen LogP contribution in [-0.4, -0.2) is 24.6 Å². The summed E-state index contributed by atoms with van der Waals surface area (Å²) >= 11 is 5.85. The number of halogens is 2. The van der Waals surface area contributed by atoms with Crippen LogP contribution in [0.15, 0.2) is 82.1 Å². The van der Waals surface area contributed by atoms with E-state index in [9.17, 15) is 17.6 Å². The van der Waals surface area contributed by atoms with Gasteiger partial charge in [0.1, 0.15) is 5.82 Å². The Labute approximate surface area is 193 Å². The Morgan fingerprint density at radius 3 is 2.30 bits per heavy atom. The largest absolute Gasteiger partial charge is 0.452 e. The van der Waals surface area contributed by atoms with Crippen molar-refractivity contribution in [2.45, 2.75) is 11.5 Å². The molecule has 0 aliphatic heterocycles. The number of nitrogens with zero attached hydrogens (tertiary/aromatic N) is 2. The molecule has 0 radical (unpaired) electrons. The van der Waals surface area contributed by atoms with Crippen LogP contribution in [0.2, 0.25) is 5.02 Å². The average molecular weight is 488 g/mol. The van der Waals surface area contributed by atoms with Gasteiger partial charge in [-0.15, -0.1) is 10.2 Å². The summed E-state index contributed by atoms with van der Waals surface area (Å²) in [6.07, 6.45) is 0. The van der Waals surface area contributed by atoms with Crippen molar-refractivity contribution < 1.29 is 26.8 Å². The van der Waals surface area contributed by atoms with Gasteiger partial charge < -0.3 is 9.15 Å². The van der Waals surface area contributed by atoms with Crippen LogP contribution >= 0.6 is 11.6 Å². The second-order valence-electron chi connectivity index (χ2n) is 6.72. The summed E-state index contributed by atoms with van der Waals surface area (Å²) in [7, 11) is -3.90. The predicted molar refractivity (Wildman–Crippen MR) is 118 cm³/mol. The number of carbonyl (C=O) groups excluding carboxylic acids is 1. The summed E-state index contributed by atoms with van der Waals surface area (Å²) in [6.45, 7) is -0.238. The molecule has 1 heterocycles. The fourth-order valence-electron chi connectivity index (χ4n) is 2.73. The normalized spacial score (nSPS) is 11.2. The Morgan fingerprint density at radius 1 is 0.970 bits per heavy atom. The molecule has 1 N–H and O–H groups in total. The second kappa shape index (κ2) is 9.39. The van der Waals surface area contributed by atoms with E-state index in [1.807, 2.05) is 0 Å². The van der Waals surface area contributed by atoms with Gasteiger partial charge >= 0.3 is 5.97 Å². The first-order valence-corrected chi connectivity index (χ1v) is 11.3. The van der Waals surface area contributed by atoms with Gasteiger partial charge in [0.15, 0.2) is 6.61 Å². The lowest BCUT2D eigenvalue weighted by molar-refractivity contribution is 0.0438. The number of sulfonamides is 1. The highest BCUT2D eigenvalue weighted by Crippen LogP contribution is 2.21. The molecular formula is C22H15ClFN3O5S. The van der Waals surface area contributed by atoms with Crippen molar-refractivity contribution >= 4 is 33.3 Å². The van der Waals surface area contributed by atoms with E-state index in [-0.39, 0.29) is 34.5 Å². The SMILES string of the molecule is O=C(OCc1nnc(-c2ccc(Cl)cc2)o1)c1ccc(NS(=O)(=O)c2ccc(F)cc2)cc1. The summed E-state index contributed by atoms with van der Waals surface area (Å²) in [5, 5.41) is 8.32. The molecule has 8 nitrogen and oxygen atoms in total. The Bertz CT molecular complexity index is 1370. The monoisotopic (exact) mass is 487 g/mol. The van der Waals surface area contributed by atoms with Crippen molar-refractivity contribution in [3.8, 4) is 11.5 Å². The smallest absolute Gasteiger partial charge is 0.338 e. The number of ether oxygens (including phenoxy) is 1. The van der Waals surface area contributed by atoms with E-state index in [0.717, 1.165) is 24.3 Å². The third-order valence-electron chi connectivity index (χ3n) is 4.38. The lowest BCUT2D eigenvalue weighted by Gasteiger charge is -2.09. The molecule has 33 heavy (non-hydrogen) atoms. The molecule has 0 fully saturated rings. The first-order valence-electron chi connectivity index (χ1n) is 9.44. The van der Waals surface area contributed by atoms with E-state index >= 15 is 0 Å². The zero-order valence-electron chi connectivity index (χ0n) is 16.7. The minimum Gasteiger partial charge on any atom is -0.452 e. The van der Waals surface area contributed by atoms with Crippen LogP contribution in [-0.2, 0) is 21.4 Å². The van der Waals surface area contributed by atoms with Gasteiger partial charge in [-0.1, -0.05) is 11.6 Å². The number of rotatable bonds is 7. The molecule has 168 valence electrons. The molecule has 0 bridgehead atoms. The molecule has 0 saturated carbocycles. The van der Waals surface area contributed by atoms with Gasteiger partial charge in [0.2, 0.25) is 5.89 Å². The zero-order chi connectivity index (χ0) is 23.4. The number of carbonyl (C=O) groups is 1. The van der Waals surface area contributed by atoms with Gasteiger partial charge in [0.25, 0.3) is 15.9 Å². The molecule has 0 spiro atoms. The highest BCUT2D eigenvalue weighted by Gasteiger charge is 2.16. The van der Waals surface area contributed by atoms with Crippen LogP contribution in [0, 0.1) is 5.82 Å². The maximum atomic E-state index is 13.0. The van der Waals surface area contributed by atoms with E-state index in [1.54, 1.807) is 24.3 Å². The molecule has 0 unspecified atom stereocenters. The Balaban J connectivity index is 1.36. The van der Waals surface area contributed by atoms with E-state index in [0.29, 0.717) is 10.6 Å². The van der Waals surface area contributed by atoms with Crippen LogP contribution in [0.4, 0.5) is 10.1 Å². The minimum atomic E-state index is -3.90. The Kier molecular flexibility index (Phi) is 6.38. The Morgan fingerprint density at radius 2 is 1.64 bits per heavy atom. The molecule has 1 aromatic heterocycles. The van der Waals surface area contributed by atoms with Crippen molar-refractivity contribution in [3.05, 3.63) is 95.1 Å².